The molecule has 0 aliphatic carbocycles. The predicted octanol–water partition coefficient (Wildman–Crippen LogP) is 3.17. The molecule has 0 aliphatic heterocycles. The maximum Gasteiger partial charge on any atom is 0.265 e. The average molecular weight is 360 g/mol. The lowest BCUT2D eigenvalue weighted by atomic mass is 10.3. The summed E-state index contributed by atoms with van der Waals surface area (Å²) >= 11 is 4.59. The number of carbonyl (C=O) groups excluding carboxylic acids is 1. The average Bonchev–Trinajstić information content (AvgIpc) is 2.75. The van der Waals surface area contributed by atoms with Gasteiger partial charge in [-0.15, -0.1) is 11.3 Å². The number of carbonyl (C=O) groups is 1. The number of halogens is 1. The first kappa shape index (κ1) is 14.2. The molecule has 1 aromatic heterocycles. The van der Waals surface area contributed by atoms with Crippen LogP contribution in [0.15, 0.2) is 45.1 Å². The maximum atomic E-state index is 11.9. The molecular formula is C12H10BrNO3S2. The summed E-state index contributed by atoms with van der Waals surface area (Å²) in [6.07, 6.45) is 1.13. The Balaban J connectivity index is 2.22. The molecule has 19 heavy (non-hydrogen) atoms. The molecule has 0 saturated carbocycles. The molecule has 1 aromatic carbocycles. The number of hydrogen-bond acceptors (Lipinski definition) is 4. The van der Waals surface area contributed by atoms with E-state index in [1.807, 2.05) is 0 Å². The largest absolute Gasteiger partial charge is 0.321 e. The number of rotatable bonds is 3. The summed E-state index contributed by atoms with van der Waals surface area (Å²) in [6, 6.07) is 9.66. The van der Waals surface area contributed by atoms with Crippen molar-refractivity contribution in [2.24, 2.45) is 0 Å². The molecule has 0 saturated heterocycles. The van der Waals surface area contributed by atoms with Crippen molar-refractivity contribution in [3.63, 3.8) is 0 Å². The van der Waals surface area contributed by atoms with Crippen LogP contribution >= 0.6 is 27.3 Å². The quantitative estimate of drug-likeness (QED) is 0.915. The van der Waals surface area contributed by atoms with Crippen molar-refractivity contribution in [3.8, 4) is 0 Å². The van der Waals surface area contributed by atoms with Crippen LogP contribution in [0, 0.1) is 0 Å². The molecule has 0 unspecified atom stereocenters. The van der Waals surface area contributed by atoms with E-state index in [-0.39, 0.29) is 10.8 Å². The van der Waals surface area contributed by atoms with Gasteiger partial charge in [0, 0.05) is 11.9 Å². The first-order valence-electron chi connectivity index (χ1n) is 5.23. The van der Waals surface area contributed by atoms with Gasteiger partial charge in [-0.3, -0.25) is 4.79 Å². The van der Waals surface area contributed by atoms with E-state index in [1.165, 1.54) is 23.5 Å². The first-order valence-corrected chi connectivity index (χ1v) is 8.73. The molecule has 1 N–H and O–H groups in total. The third-order valence-corrected chi connectivity index (χ3v) is 5.05. The van der Waals surface area contributed by atoms with Gasteiger partial charge in [0.15, 0.2) is 9.84 Å². The van der Waals surface area contributed by atoms with E-state index in [9.17, 15) is 13.2 Å². The lowest BCUT2D eigenvalue weighted by Gasteiger charge is -2.05. The number of sulfone groups is 1. The van der Waals surface area contributed by atoms with Crippen LogP contribution in [0.25, 0.3) is 0 Å². The normalized spacial score (nSPS) is 11.3. The summed E-state index contributed by atoms with van der Waals surface area (Å²) in [6.45, 7) is 0. The lowest BCUT2D eigenvalue weighted by molar-refractivity contribution is 0.103. The van der Waals surface area contributed by atoms with Gasteiger partial charge in [0.1, 0.15) is 0 Å². The third-order valence-electron chi connectivity index (χ3n) is 2.32. The van der Waals surface area contributed by atoms with Crippen molar-refractivity contribution >= 4 is 48.7 Å². The molecule has 0 aliphatic rings. The van der Waals surface area contributed by atoms with E-state index in [2.05, 4.69) is 21.2 Å². The number of amides is 1. The van der Waals surface area contributed by atoms with Gasteiger partial charge >= 0.3 is 0 Å². The van der Waals surface area contributed by atoms with E-state index in [1.54, 1.807) is 24.3 Å². The summed E-state index contributed by atoms with van der Waals surface area (Å²) in [5, 5.41) is 2.67. The Labute approximate surface area is 123 Å². The van der Waals surface area contributed by atoms with E-state index in [0.717, 1.165) is 10.0 Å². The van der Waals surface area contributed by atoms with Gasteiger partial charge in [0.05, 0.1) is 13.6 Å². The molecule has 0 spiro atoms. The SMILES string of the molecule is CS(=O)(=O)c1cccc(NC(=O)c2ccc(Br)s2)c1. The third kappa shape index (κ3) is 3.65. The van der Waals surface area contributed by atoms with Gasteiger partial charge in [0.25, 0.3) is 5.91 Å². The van der Waals surface area contributed by atoms with Gasteiger partial charge in [-0.05, 0) is 46.3 Å². The van der Waals surface area contributed by atoms with Gasteiger partial charge in [-0.2, -0.15) is 0 Å². The van der Waals surface area contributed by atoms with Crippen LogP contribution in [0.3, 0.4) is 0 Å². The van der Waals surface area contributed by atoms with Gasteiger partial charge in [0.2, 0.25) is 0 Å². The van der Waals surface area contributed by atoms with Crippen molar-refractivity contribution in [1.82, 2.24) is 0 Å². The number of nitrogens with one attached hydrogen (secondary N) is 1. The molecule has 0 atom stereocenters. The highest BCUT2D eigenvalue weighted by Crippen LogP contribution is 2.23. The van der Waals surface area contributed by atoms with Crippen LogP contribution in [0.2, 0.25) is 0 Å². The zero-order valence-corrected chi connectivity index (χ0v) is 13.1. The summed E-state index contributed by atoms with van der Waals surface area (Å²) in [5.74, 6) is -0.263. The molecule has 7 heteroatoms. The van der Waals surface area contributed by atoms with E-state index >= 15 is 0 Å². The van der Waals surface area contributed by atoms with Crippen molar-refractivity contribution in [3.05, 3.63) is 45.1 Å². The highest BCUT2D eigenvalue weighted by molar-refractivity contribution is 9.11. The zero-order valence-electron chi connectivity index (χ0n) is 9.88. The topological polar surface area (TPSA) is 63.2 Å². The Hall–Kier alpha value is -1.18. The minimum atomic E-state index is -3.28. The van der Waals surface area contributed by atoms with Crippen molar-refractivity contribution < 1.29 is 13.2 Å². The minimum Gasteiger partial charge on any atom is -0.321 e. The van der Waals surface area contributed by atoms with E-state index in [0.29, 0.717) is 10.6 Å². The predicted molar refractivity (Wildman–Crippen MR) is 79.5 cm³/mol. The number of anilines is 1. The van der Waals surface area contributed by atoms with Crippen LogP contribution in [0.1, 0.15) is 9.67 Å². The van der Waals surface area contributed by atoms with Crippen LogP contribution < -0.4 is 5.32 Å². The molecule has 0 bridgehead atoms. The molecule has 1 amide bonds. The van der Waals surface area contributed by atoms with E-state index < -0.39 is 9.84 Å². The molecule has 2 aromatic rings. The van der Waals surface area contributed by atoms with Gasteiger partial charge < -0.3 is 5.32 Å². The monoisotopic (exact) mass is 359 g/mol. The second-order valence-corrected chi connectivity index (χ2v) is 8.34. The fraction of sp³-hybridized carbons (Fsp3) is 0.0833. The summed E-state index contributed by atoms with van der Waals surface area (Å²) in [4.78, 5) is 12.6. The van der Waals surface area contributed by atoms with Crippen LogP contribution in [0.5, 0.6) is 0 Å². The molecule has 100 valence electrons. The summed E-state index contributed by atoms with van der Waals surface area (Å²) in [5.41, 5.74) is 0.456. The Bertz CT molecular complexity index is 722. The fourth-order valence-corrected chi connectivity index (χ4v) is 3.38. The standard InChI is InChI=1S/C12H10BrNO3S2/c1-19(16,17)9-4-2-3-8(7-9)14-12(15)10-5-6-11(13)18-10/h2-7H,1H3,(H,14,15). The summed E-state index contributed by atoms with van der Waals surface area (Å²) < 4.78 is 23.7. The molecule has 4 nitrogen and oxygen atoms in total. The maximum absolute atomic E-state index is 11.9. The fourth-order valence-electron chi connectivity index (χ4n) is 1.43. The van der Waals surface area contributed by atoms with Gasteiger partial charge in [-0.25, -0.2) is 8.42 Å². The number of benzene rings is 1. The van der Waals surface area contributed by atoms with Crippen molar-refractivity contribution in [2.75, 3.05) is 11.6 Å². The second-order valence-electron chi connectivity index (χ2n) is 3.86. The minimum absolute atomic E-state index is 0.178. The van der Waals surface area contributed by atoms with Crippen molar-refractivity contribution in [1.29, 1.82) is 0 Å². The smallest absolute Gasteiger partial charge is 0.265 e. The highest BCUT2D eigenvalue weighted by Gasteiger charge is 2.11. The number of thiophene rings is 1. The summed E-state index contributed by atoms with van der Waals surface area (Å²) in [7, 11) is -3.28. The van der Waals surface area contributed by atoms with Gasteiger partial charge in [-0.1, -0.05) is 6.07 Å². The molecule has 0 radical (unpaired) electrons. The first-order chi connectivity index (χ1) is 8.86. The second kappa shape index (κ2) is 5.44. The Kier molecular flexibility index (Phi) is 4.07. The van der Waals surface area contributed by atoms with Crippen LogP contribution in [-0.2, 0) is 9.84 Å². The zero-order chi connectivity index (χ0) is 14.0. The van der Waals surface area contributed by atoms with Crippen LogP contribution in [0.4, 0.5) is 5.69 Å². The Morgan fingerprint density at radius 1 is 1.26 bits per heavy atom. The van der Waals surface area contributed by atoms with E-state index in [4.69, 9.17) is 0 Å². The highest BCUT2D eigenvalue weighted by atomic mass is 79.9. The van der Waals surface area contributed by atoms with Crippen LogP contribution in [-0.4, -0.2) is 20.6 Å². The molecule has 0 fully saturated rings. The number of hydrogen-bond donors (Lipinski definition) is 1. The lowest BCUT2D eigenvalue weighted by Crippen LogP contribution is -2.10. The molecule has 1 heterocycles. The molecule has 2 rings (SSSR count). The Morgan fingerprint density at radius 2 is 2.00 bits per heavy atom. The Morgan fingerprint density at radius 3 is 2.58 bits per heavy atom. The van der Waals surface area contributed by atoms with Crippen molar-refractivity contribution in [2.45, 2.75) is 4.90 Å². The molecular weight excluding hydrogens is 350 g/mol.